The molecule has 1 saturated heterocycles. The van der Waals surface area contributed by atoms with Crippen LogP contribution in [0.3, 0.4) is 0 Å². The minimum atomic E-state index is 0.935. The van der Waals surface area contributed by atoms with E-state index in [-0.39, 0.29) is 0 Å². The molecule has 0 atom stereocenters. The Hall–Kier alpha value is -0.0400. The molecule has 1 heterocycles. The molecule has 2 aliphatic rings. The lowest BCUT2D eigenvalue weighted by molar-refractivity contribution is 0.177. The van der Waals surface area contributed by atoms with Crippen LogP contribution in [-0.2, 0) is 0 Å². The lowest BCUT2D eigenvalue weighted by Gasteiger charge is -2.31. The van der Waals surface area contributed by atoms with E-state index in [2.05, 4.69) is 11.8 Å². The first-order chi connectivity index (χ1) is 5.40. The Kier molecular flexibility index (Phi) is 2.17. The van der Waals surface area contributed by atoms with Gasteiger partial charge in [0.15, 0.2) is 0 Å². The first-order valence-electron chi connectivity index (χ1n) is 4.93. The van der Waals surface area contributed by atoms with E-state index in [1.165, 1.54) is 38.8 Å². The van der Waals surface area contributed by atoms with Crippen LogP contribution in [0.15, 0.2) is 0 Å². The number of nitrogens with zero attached hydrogens (tertiary/aromatic N) is 1. The van der Waals surface area contributed by atoms with Crippen molar-refractivity contribution in [3.63, 3.8) is 0 Å². The summed E-state index contributed by atoms with van der Waals surface area (Å²) < 4.78 is 0. The highest BCUT2D eigenvalue weighted by atomic mass is 15.2. The van der Waals surface area contributed by atoms with Crippen LogP contribution in [-0.4, -0.2) is 24.0 Å². The standard InChI is InChI=1S/C10H18N/c1-2-9-5-7-11(8-6-9)10-3-4-10/h9-10H,1-8H2. The zero-order valence-electron chi connectivity index (χ0n) is 7.26. The third-order valence-corrected chi connectivity index (χ3v) is 3.12. The summed E-state index contributed by atoms with van der Waals surface area (Å²) in [6.45, 7) is 6.68. The minimum Gasteiger partial charge on any atom is -0.300 e. The van der Waals surface area contributed by atoms with Crippen LogP contribution in [0.4, 0.5) is 0 Å². The van der Waals surface area contributed by atoms with Crippen molar-refractivity contribution < 1.29 is 0 Å². The number of hydrogen-bond acceptors (Lipinski definition) is 1. The average Bonchev–Trinajstić information content (AvgIpc) is 2.87. The summed E-state index contributed by atoms with van der Waals surface area (Å²) >= 11 is 0. The fraction of sp³-hybridized carbons (Fsp3) is 0.900. The Bertz CT molecular complexity index is 121. The van der Waals surface area contributed by atoms with E-state index in [0.717, 1.165) is 18.4 Å². The highest BCUT2D eigenvalue weighted by Crippen LogP contribution is 2.31. The summed E-state index contributed by atoms with van der Waals surface area (Å²) in [5.74, 6) is 0.935. The predicted molar refractivity (Wildman–Crippen MR) is 47.3 cm³/mol. The van der Waals surface area contributed by atoms with Gasteiger partial charge in [-0.15, -0.1) is 0 Å². The molecule has 0 spiro atoms. The molecule has 2 fully saturated rings. The topological polar surface area (TPSA) is 3.24 Å². The third kappa shape index (κ3) is 1.76. The quantitative estimate of drug-likeness (QED) is 0.585. The molecule has 1 saturated carbocycles. The van der Waals surface area contributed by atoms with Gasteiger partial charge in [-0.2, -0.15) is 0 Å². The van der Waals surface area contributed by atoms with E-state index in [0.29, 0.717) is 0 Å². The fourth-order valence-corrected chi connectivity index (χ4v) is 2.05. The normalized spacial score (nSPS) is 29.2. The molecule has 11 heavy (non-hydrogen) atoms. The van der Waals surface area contributed by atoms with Gasteiger partial charge in [0.1, 0.15) is 0 Å². The van der Waals surface area contributed by atoms with Crippen LogP contribution in [0.25, 0.3) is 0 Å². The van der Waals surface area contributed by atoms with Crippen molar-refractivity contribution in [2.24, 2.45) is 5.92 Å². The summed E-state index contributed by atoms with van der Waals surface area (Å²) in [5.41, 5.74) is 0. The maximum absolute atomic E-state index is 3.98. The molecule has 0 amide bonds. The largest absolute Gasteiger partial charge is 0.300 e. The smallest absolute Gasteiger partial charge is 0.00964 e. The van der Waals surface area contributed by atoms with E-state index in [9.17, 15) is 0 Å². The zero-order valence-corrected chi connectivity index (χ0v) is 7.26. The van der Waals surface area contributed by atoms with E-state index in [4.69, 9.17) is 0 Å². The highest BCUT2D eigenvalue weighted by Gasteiger charge is 2.31. The van der Waals surface area contributed by atoms with Gasteiger partial charge < -0.3 is 4.90 Å². The van der Waals surface area contributed by atoms with Crippen molar-refractivity contribution in [3.8, 4) is 0 Å². The van der Waals surface area contributed by atoms with E-state index in [1.807, 2.05) is 0 Å². The lowest BCUT2D eigenvalue weighted by atomic mass is 9.94. The second-order valence-corrected chi connectivity index (χ2v) is 4.00. The molecule has 0 aromatic rings. The van der Waals surface area contributed by atoms with Crippen molar-refractivity contribution in [3.05, 3.63) is 6.92 Å². The van der Waals surface area contributed by atoms with Gasteiger partial charge in [-0.1, -0.05) is 13.3 Å². The zero-order chi connectivity index (χ0) is 7.68. The van der Waals surface area contributed by atoms with Gasteiger partial charge in [-0.3, -0.25) is 0 Å². The van der Waals surface area contributed by atoms with Gasteiger partial charge in [0.05, 0.1) is 0 Å². The minimum absolute atomic E-state index is 0.935. The molecule has 1 heteroatoms. The summed E-state index contributed by atoms with van der Waals surface area (Å²) in [7, 11) is 0. The molecule has 0 bridgehead atoms. The molecule has 0 unspecified atom stereocenters. The van der Waals surface area contributed by atoms with Crippen molar-refractivity contribution in [1.82, 2.24) is 4.90 Å². The second kappa shape index (κ2) is 3.14. The molecule has 0 aromatic carbocycles. The maximum Gasteiger partial charge on any atom is 0.00964 e. The molecule has 1 radical (unpaired) electrons. The van der Waals surface area contributed by atoms with Crippen LogP contribution < -0.4 is 0 Å². The summed E-state index contributed by atoms with van der Waals surface area (Å²) in [4.78, 5) is 2.67. The van der Waals surface area contributed by atoms with E-state index >= 15 is 0 Å². The summed E-state index contributed by atoms with van der Waals surface area (Å²) in [6, 6.07) is 0.987. The van der Waals surface area contributed by atoms with Gasteiger partial charge in [0, 0.05) is 6.04 Å². The van der Waals surface area contributed by atoms with Gasteiger partial charge in [0.2, 0.25) is 0 Å². The number of hydrogen-bond donors (Lipinski definition) is 0. The van der Waals surface area contributed by atoms with Gasteiger partial charge >= 0.3 is 0 Å². The Labute approximate surface area is 69.8 Å². The van der Waals surface area contributed by atoms with Crippen molar-refractivity contribution in [2.45, 2.75) is 38.1 Å². The molecule has 0 aromatic heterocycles. The van der Waals surface area contributed by atoms with Crippen molar-refractivity contribution in [2.75, 3.05) is 13.1 Å². The Morgan fingerprint density at radius 2 is 1.73 bits per heavy atom. The van der Waals surface area contributed by atoms with Crippen LogP contribution in [0.2, 0.25) is 0 Å². The van der Waals surface area contributed by atoms with Crippen molar-refractivity contribution in [1.29, 1.82) is 0 Å². The molecular weight excluding hydrogens is 134 g/mol. The third-order valence-electron chi connectivity index (χ3n) is 3.12. The highest BCUT2D eigenvalue weighted by molar-refractivity contribution is 4.87. The van der Waals surface area contributed by atoms with Crippen LogP contribution >= 0.6 is 0 Å². The molecule has 2 rings (SSSR count). The van der Waals surface area contributed by atoms with Gasteiger partial charge in [-0.05, 0) is 44.7 Å². The van der Waals surface area contributed by atoms with E-state index in [1.54, 1.807) is 0 Å². The molecule has 1 nitrogen and oxygen atoms in total. The fourth-order valence-electron chi connectivity index (χ4n) is 2.05. The molecule has 63 valence electrons. The first kappa shape index (κ1) is 7.60. The lowest BCUT2D eigenvalue weighted by Crippen LogP contribution is -2.35. The average molecular weight is 152 g/mol. The molecule has 0 N–H and O–H groups in total. The Morgan fingerprint density at radius 3 is 2.18 bits per heavy atom. The van der Waals surface area contributed by atoms with Crippen LogP contribution in [0.1, 0.15) is 32.1 Å². The van der Waals surface area contributed by atoms with Crippen LogP contribution in [0, 0.1) is 12.8 Å². The monoisotopic (exact) mass is 152 g/mol. The summed E-state index contributed by atoms with van der Waals surface area (Å²) in [6.07, 6.45) is 6.89. The molecular formula is C10H18N. The second-order valence-electron chi connectivity index (χ2n) is 4.00. The Balaban J connectivity index is 1.75. The van der Waals surface area contributed by atoms with Gasteiger partial charge in [-0.25, -0.2) is 0 Å². The first-order valence-corrected chi connectivity index (χ1v) is 4.93. The number of piperidine rings is 1. The van der Waals surface area contributed by atoms with Gasteiger partial charge in [0.25, 0.3) is 0 Å². The molecule has 1 aliphatic carbocycles. The van der Waals surface area contributed by atoms with E-state index < -0.39 is 0 Å². The number of rotatable bonds is 2. The maximum atomic E-state index is 3.98. The van der Waals surface area contributed by atoms with Crippen molar-refractivity contribution >= 4 is 0 Å². The SMILES string of the molecule is [CH2]CC1CCN(C2CC2)CC1. The summed E-state index contributed by atoms with van der Waals surface area (Å²) in [5, 5.41) is 0. The number of likely N-dealkylation sites (tertiary alicyclic amines) is 1. The van der Waals surface area contributed by atoms with Crippen LogP contribution in [0.5, 0.6) is 0 Å². The Morgan fingerprint density at radius 1 is 1.09 bits per heavy atom. The molecule has 1 aliphatic heterocycles. The predicted octanol–water partition coefficient (Wildman–Crippen LogP) is 2.08.